The molecule has 0 N–H and O–H groups in total. The Bertz CT molecular complexity index is 554. The van der Waals surface area contributed by atoms with Crippen molar-refractivity contribution in [3.05, 3.63) is 37.4 Å². The number of nitriles is 1. The molecule has 1 unspecified atom stereocenters. The molecule has 100 valence electrons. The first kappa shape index (κ1) is 15.4. The Morgan fingerprint density at radius 2 is 2.26 bits per heavy atom. The van der Waals surface area contributed by atoms with Crippen molar-refractivity contribution in [1.29, 1.82) is 5.26 Å². The maximum absolute atomic E-state index is 12.2. The molecule has 1 amide bonds. The Morgan fingerprint density at radius 1 is 1.63 bits per heavy atom. The third kappa shape index (κ3) is 3.64. The average molecular weight is 373 g/mol. The van der Waals surface area contributed by atoms with Gasteiger partial charge in [0, 0.05) is 28.8 Å². The van der Waals surface area contributed by atoms with E-state index in [-0.39, 0.29) is 24.1 Å². The molecule has 0 saturated carbocycles. The molecule has 0 fully saturated rings. The monoisotopic (exact) mass is 373 g/mol. The van der Waals surface area contributed by atoms with Crippen molar-refractivity contribution < 1.29 is 9.72 Å². The summed E-state index contributed by atoms with van der Waals surface area (Å²) >= 11 is 1.90. The summed E-state index contributed by atoms with van der Waals surface area (Å²) in [5, 5.41) is 19.3. The molecule has 0 radical (unpaired) electrons. The summed E-state index contributed by atoms with van der Waals surface area (Å²) in [5.41, 5.74) is 0.354. The number of halogens is 1. The van der Waals surface area contributed by atoms with Crippen molar-refractivity contribution >= 4 is 34.2 Å². The van der Waals surface area contributed by atoms with Gasteiger partial charge in [-0.25, -0.2) is 0 Å². The van der Waals surface area contributed by atoms with Crippen molar-refractivity contribution in [2.24, 2.45) is 0 Å². The Labute approximate surface area is 124 Å². The summed E-state index contributed by atoms with van der Waals surface area (Å²) in [7, 11) is 1.61. The molecule has 1 atom stereocenters. The fraction of sp³-hybridized carbons (Fsp3) is 0.333. The molecule has 1 rings (SSSR count). The van der Waals surface area contributed by atoms with Gasteiger partial charge < -0.3 is 4.90 Å². The molecule has 1 aromatic carbocycles. The molecule has 0 heterocycles. The maximum atomic E-state index is 12.2. The van der Waals surface area contributed by atoms with Gasteiger partial charge >= 0.3 is 0 Å². The SMILES string of the molecule is CC(CC#N)N(C)C(=O)c1ccc([N+](=O)[O-])cc1I. The molecule has 0 aliphatic heterocycles. The minimum Gasteiger partial charge on any atom is -0.338 e. The van der Waals surface area contributed by atoms with Gasteiger partial charge in [-0.15, -0.1) is 0 Å². The number of carbonyl (C=O) groups excluding carboxylic acids is 1. The molecular weight excluding hydrogens is 361 g/mol. The van der Waals surface area contributed by atoms with Crippen LogP contribution in [0.1, 0.15) is 23.7 Å². The molecule has 6 nitrogen and oxygen atoms in total. The van der Waals surface area contributed by atoms with Crippen LogP contribution in [0.2, 0.25) is 0 Å². The van der Waals surface area contributed by atoms with E-state index in [0.29, 0.717) is 9.13 Å². The molecule has 0 saturated heterocycles. The number of benzene rings is 1. The topological polar surface area (TPSA) is 87.2 Å². The molecule has 1 aromatic rings. The smallest absolute Gasteiger partial charge is 0.270 e. The lowest BCUT2D eigenvalue weighted by atomic mass is 10.1. The zero-order valence-corrected chi connectivity index (χ0v) is 12.6. The number of non-ortho nitro benzene ring substituents is 1. The third-order valence-electron chi connectivity index (χ3n) is 2.76. The van der Waals surface area contributed by atoms with Crippen molar-refractivity contribution in [2.75, 3.05) is 7.05 Å². The number of nitro benzene ring substituents is 1. The van der Waals surface area contributed by atoms with Crippen molar-refractivity contribution in [1.82, 2.24) is 4.90 Å². The predicted molar refractivity (Wildman–Crippen MR) is 77.6 cm³/mol. The second-order valence-electron chi connectivity index (χ2n) is 4.05. The third-order valence-corrected chi connectivity index (χ3v) is 3.65. The van der Waals surface area contributed by atoms with E-state index < -0.39 is 4.92 Å². The van der Waals surface area contributed by atoms with Crippen molar-refractivity contribution in [2.45, 2.75) is 19.4 Å². The van der Waals surface area contributed by atoms with Gasteiger partial charge in [0.15, 0.2) is 0 Å². The van der Waals surface area contributed by atoms with E-state index in [1.165, 1.54) is 23.1 Å². The fourth-order valence-corrected chi connectivity index (χ4v) is 2.18. The normalized spacial score (nSPS) is 11.5. The van der Waals surface area contributed by atoms with E-state index >= 15 is 0 Å². The van der Waals surface area contributed by atoms with Crippen LogP contribution in [-0.4, -0.2) is 28.8 Å². The predicted octanol–water partition coefficient (Wildman–Crippen LogP) is 2.57. The van der Waals surface area contributed by atoms with Crippen LogP contribution in [0, 0.1) is 25.0 Å². The Balaban J connectivity index is 3.01. The van der Waals surface area contributed by atoms with Crippen LogP contribution >= 0.6 is 22.6 Å². The zero-order valence-electron chi connectivity index (χ0n) is 10.5. The van der Waals surface area contributed by atoms with Crippen molar-refractivity contribution in [3.63, 3.8) is 0 Å². The van der Waals surface area contributed by atoms with Gasteiger partial charge in [-0.3, -0.25) is 14.9 Å². The van der Waals surface area contributed by atoms with E-state index in [9.17, 15) is 14.9 Å². The second kappa shape index (κ2) is 6.47. The summed E-state index contributed by atoms with van der Waals surface area (Å²) < 4.78 is 0.521. The summed E-state index contributed by atoms with van der Waals surface area (Å²) in [5.74, 6) is -0.248. The summed E-state index contributed by atoms with van der Waals surface area (Å²) in [6.45, 7) is 1.78. The first-order valence-corrected chi connectivity index (χ1v) is 6.54. The average Bonchev–Trinajstić information content (AvgIpc) is 2.37. The van der Waals surface area contributed by atoms with Crippen molar-refractivity contribution in [3.8, 4) is 6.07 Å². The number of hydrogen-bond acceptors (Lipinski definition) is 4. The second-order valence-corrected chi connectivity index (χ2v) is 5.21. The lowest BCUT2D eigenvalue weighted by molar-refractivity contribution is -0.384. The van der Waals surface area contributed by atoms with Gasteiger partial charge in [0.2, 0.25) is 0 Å². The first-order chi connectivity index (χ1) is 8.88. The van der Waals surface area contributed by atoms with Gasteiger partial charge in [0.25, 0.3) is 11.6 Å². The van der Waals surface area contributed by atoms with Crippen LogP contribution in [0.25, 0.3) is 0 Å². The number of hydrogen-bond donors (Lipinski definition) is 0. The van der Waals surface area contributed by atoms with Crippen LogP contribution in [-0.2, 0) is 0 Å². The van der Waals surface area contributed by atoms with Gasteiger partial charge in [0.1, 0.15) is 0 Å². The van der Waals surface area contributed by atoms with Gasteiger partial charge in [-0.05, 0) is 35.6 Å². The first-order valence-electron chi connectivity index (χ1n) is 5.46. The highest BCUT2D eigenvalue weighted by Crippen LogP contribution is 2.21. The van der Waals surface area contributed by atoms with E-state index in [0.717, 1.165) is 0 Å². The molecule has 19 heavy (non-hydrogen) atoms. The van der Waals surface area contributed by atoms with Gasteiger partial charge in [-0.1, -0.05) is 0 Å². The lowest BCUT2D eigenvalue weighted by Crippen LogP contribution is -2.35. The lowest BCUT2D eigenvalue weighted by Gasteiger charge is -2.23. The molecule has 7 heteroatoms. The van der Waals surface area contributed by atoms with E-state index in [1.807, 2.05) is 28.7 Å². The highest BCUT2D eigenvalue weighted by molar-refractivity contribution is 14.1. The zero-order chi connectivity index (χ0) is 14.6. The molecule has 0 bridgehead atoms. The highest BCUT2D eigenvalue weighted by Gasteiger charge is 2.20. The quantitative estimate of drug-likeness (QED) is 0.461. The van der Waals surface area contributed by atoms with Crippen LogP contribution in [0.3, 0.4) is 0 Å². The summed E-state index contributed by atoms with van der Waals surface area (Å²) in [4.78, 5) is 23.8. The number of amides is 1. The Kier molecular flexibility index (Phi) is 5.23. The molecule has 0 aromatic heterocycles. The van der Waals surface area contributed by atoms with Crippen LogP contribution in [0.4, 0.5) is 5.69 Å². The van der Waals surface area contributed by atoms with E-state index in [4.69, 9.17) is 5.26 Å². The summed E-state index contributed by atoms with van der Waals surface area (Å²) in [6, 6.07) is 5.91. The standard InChI is InChI=1S/C12H12IN3O3/c1-8(5-6-14)15(2)12(17)10-4-3-9(16(18)19)7-11(10)13/h3-4,7-8H,5H2,1-2H3. The van der Waals surface area contributed by atoms with E-state index in [2.05, 4.69) is 0 Å². The molecule has 0 aliphatic rings. The van der Waals surface area contributed by atoms with Gasteiger partial charge in [0.05, 0.1) is 23.0 Å². The van der Waals surface area contributed by atoms with E-state index in [1.54, 1.807) is 14.0 Å². The summed E-state index contributed by atoms with van der Waals surface area (Å²) in [6.07, 6.45) is 0.242. The number of nitrogens with zero attached hydrogens (tertiary/aromatic N) is 3. The Hall–Kier alpha value is -1.69. The van der Waals surface area contributed by atoms with Crippen LogP contribution in [0.5, 0.6) is 0 Å². The minimum atomic E-state index is -0.502. The molecule has 0 spiro atoms. The number of nitro groups is 1. The molecular formula is C12H12IN3O3. The minimum absolute atomic E-state index is 0.0475. The number of carbonyl (C=O) groups is 1. The van der Waals surface area contributed by atoms with Crippen LogP contribution in [0.15, 0.2) is 18.2 Å². The maximum Gasteiger partial charge on any atom is 0.270 e. The number of rotatable bonds is 4. The fourth-order valence-electron chi connectivity index (χ4n) is 1.45. The largest absolute Gasteiger partial charge is 0.338 e. The molecule has 0 aliphatic carbocycles. The Morgan fingerprint density at radius 3 is 2.74 bits per heavy atom. The highest BCUT2D eigenvalue weighted by atomic mass is 127. The van der Waals surface area contributed by atoms with Gasteiger partial charge in [-0.2, -0.15) is 5.26 Å². The van der Waals surface area contributed by atoms with Crippen LogP contribution < -0.4 is 0 Å².